The first-order valence-electron chi connectivity index (χ1n) is 7.07. The monoisotopic (exact) mass is 293 g/mol. The second-order valence-electron chi connectivity index (χ2n) is 5.13. The molecule has 0 saturated heterocycles. The van der Waals surface area contributed by atoms with E-state index in [1.165, 1.54) is 21.8 Å². The second kappa shape index (κ2) is 5.37. The first-order chi connectivity index (χ1) is 10.4. The molecule has 21 heavy (non-hydrogen) atoms. The van der Waals surface area contributed by atoms with Gasteiger partial charge in [-0.05, 0) is 29.7 Å². The maximum absolute atomic E-state index is 4.58. The maximum atomic E-state index is 4.58. The van der Waals surface area contributed by atoms with Crippen LogP contribution in [0.15, 0.2) is 60.0 Å². The van der Waals surface area contributed by atoms with Crippen LogP contribution in [0, 0.1) is 0 Å². The molecule has 0 fully saturated rings. The Labute approximate surface area is 127 Å². The number of aromatic nitrogens is 3. The number of benzene rings is 1. The SMILES string of the molecule is c1ccc(C(c2cnc[nH]2)c2cccc3c2SCC3)nc1. The molecule has 2 aromatic heterocycles. The highest BCUT2D eigenvalue weighted by molar-refractivity contribution is 7.99. The summed E-state index contributed by atoms with van der Waals surface area (Å²) in [5.74, 6) is 1.29. The average molecular weight is 293 g/mol. The van der Waals surface area contributed by atoms with Crippen molar-refractivity contribution < 1.29 is 0 Å². The minimum atomic E-state index is 0.120. The first-order valence-corrected chi connectivity index (χ1v) is 8.06. The van der Waals surface area contributed by atoms with Gasteiger partial charge in [-0.25, -0.2) is 4.98 Å². The maximum Gasteiger partial charge on any atom is 0.0922 e. The molecule has 0 radical (unpaired) electrons. The molecule has 1 aliphatic rings. The van der Waals surface area contributed by atoms with Crippen molar-refractivity contribution in [2.24, 2.45) is 0 Å². The van der Waals surface area contributed by atoms with Gasteiger partial charge in [-0.1, -0.05) is 24.3 Å². The van der Waals surface area contributed by atoms with Crippen LogP contribution in [0.2, 0.25) is 0 Å². The molecule has 0 saturated carbocycles. The van der Waals surface area contributed by atoms with Crippen LogP contribution in [0.3, 0.4) is 0 Å². The molecule has 0 aliphatic carbocycles. The van der Waals surface area contributed by atoms with E-state index in [4.69, 9.17) is 0 Å². The Morgan fingerprint density at radius 2 is 2.14 bits per heavy atom. The number of hydrogen-bond acceptors (Lipinski definition) is 3. The van der Waals surface area contributed by atoms with E-state index in [9.17, 15) is 0 Å². The summed E-state index contributed by atoms with van der Waals surface area (Å²) < 4.78 is 0. The van der Waals surface area contributed by atoms with Crippen molar-refractivity contribution in [2.45, 2.75) is 17.2 Å². The highest BCUT2D eigenvalue weighted by Crippen LogP contribution is 2.41. The summed E-state index contributed by atoms with van der Waals surface area (Å²) in [4.78, 5) is 13.5. The van der Waals surface area contributed by atoms with Crippen LogP contribution >= 0.6 is 11.8 Å². The number of thioether (sulfide) groups is 1. The number of aryl methyl sites for hydroxylation is 1. The van der Waals surface area contributed by atoms with E-state index in [0.717, 1.165) is 17.8 Å². The van der Waals surface area contributed by atoms with E-state index in [2.05, 4.69) is 39.2 Å². The minimum absolute atomic E-state index is 0.120. The van der Waals surface area contributed by atoms with Crippen molar-refractivity contribution in [1.29, 1.82) is 0 Å². The van der Waals surface area contributed by atoms with E-state index >= 15 is 0 Å². The lowest BCUT2D eigenvalue weighted by molar-refractivity contribution is 0.861. The fraction of sp³-hybridized carbons (Fsp3) is 0.176. The summed E-state index contributed by atoms with van der Waals surface area (Å²) in [5, 5.41) is 0. The van der Waals surface area contributed by atoms with Crippen LogP contribution in [-0.4, -0.2) is 20.7 Å². The number of nitrogens with one attached hydrogen (secondary N) is 1. The smallest absolute Gasteiger partial charge is 0.0922 e. The Hall–Kier alpha value is -2.07. The number of hydrogen-bond donors (Lipinski definition) is 1. The van der Waals surface area contributed by atoms with Crippen molar-refractivity contribution in [1.82, 2.24) is 15.0 Å². The molecule has 104 valence electrons. The topological polar surface area (TPSA) is 41.6 Å². The second-order valence-corrected chi connectivity index (χ2v) is 6.23. The lowest BCUT2D eigenvalue weighted by Gasteiger charge is -2.18. The quantitative estimate of drug-likeness (QED) is 0.801. The number of pyridine rings is 1. The minimum Gasteiger partial charge on any atom is -0.348 e. The predicted molar refractivity (Wildman–Crippen MR) is 84.6 cm³/mol. The lowest BCUT2D eigenvalue weighted by atomic mass is 9.91. The molecule has 0 amide bonds. The van der Waals surface area contributed by atoms with Gasteiger partial charge in [-0.15, -0.1) is 11.8 Å². The number of H-pyrrole nitrogens is 1. The van der Waals surface area contributed by atoms with E-state index < -0.39 is 0 Å². The molecule has 0 bridgehead atoms. The summed E-state index contributed by atoms with van der Waals surface area (Å²) in [6.07, 6.45) is 6.65. The van der Waals surface area contributed by atoms with Crippen LogP contribution in [0.5, 0.6) is 0 Å². The van der Waals surface area contributed by atoms with Crippen LogP contribution in [0.25, 0.3) is 0 Å². The van der Waals surface area contributed by atoms with Gasteiger partial charge >= 0.3 is 0 Å². The fourth-order valence-electron chi connectivity index (χ4n) is 2.93. The molecule has 1 aliphatic heterocycles. The molecule has 4 rings (SSSR count). The van der Waals surface area contributed by atoms with Crippen molar-refractivity contribution in [3.05, 3.63) is 77.6 Å². The van der Waals surface area contributed by atoms with Crippen LogP contribution in [-0.2, 0) is 6.42 Å². The summed E-state index contributed by atoms with van der Waals surface area (Å²) in [6, 6.07) is 12.7. The largest absolute Gasteiger partial charge is 0.348 e. The van der Waals surface area contributed by atoms with Crippen LogP contribution in [0.1, 0.15) is 28.4 Å². The van der Waals surface area contributed by atoms with Crippen molar-refractivity contribution in [2.75, 3.05) is 5.75 Å². The van der Waals surface area contributed by atoms with Gasteiger partial charge in [0.15, 0.2) is 0 Å². The third kappa shape index (κ3) is 2.25. The normalized spacial score (nSPS) is 14.9. The first kappa shape index (κ1) is 12.7. The Morgan fingerprint density at radius 3 is 2.95 bits per heavy atom. The van der Waals surface area contributed by atoms with Gasteiger partial charge in [0.2, 0.25) is 0 Å². The highest BCUT2D eigenvalue weighted by Gasteiger charge is 2.25. The summed E-state index contributed by atoms with van der Waals surface area (Å²) in [7, 11) is 0. The molecule has 3 nitrogen and oxygen atoms in total. The summed E-state index contributed by atoms with van der Waals surface area (Å²) in [5.41, 5.74) is 4.94. The lowest BCUT2D eigenvalue weighted by Crippen LogP contribution is -2.07. The van der Waals surface area contributed by atoms with Crippen molar-refractivity contribution in [3.8, 4) is 0 Å². The Morgan fingerprint density at radius 1 is 1.14 bits per heavy atom. The van der Waals surface area contributed by atoms with Gasteiger partial charge in [0.05, 0.1) is 17.9 Å². The summed E-state index contributed by atoms with van der Waals surface area (Å²) in [6.45, 7) is 0. The van der Waals surface area contributed by atoms with Gasteiger partial charge in [0.25, 0.3) is 0 Å². The molecule has 4 heteroatoms. The third-order valence-corrected chi connectivity index (χ3v) is 5.06. The molecule has 1 aromatic carbocycles. The Kier molecular flexibility index (Phi) is 3.24. The molecule has 1 atom stereocenters. The number of imidazole rings is 1. The molecule has 1 N–H and O–H groups in total. The molecular weight excluding hydrogens is 278 g/mol. The number of fused-ring (bicyclic) bond motifs is 1. The molecule has 1 unspecified atom stereocenters. The molecule has 0 spiro atoms. The summed E-state index contributed by atoms with van der Waals surface area (Å²) >= 11 is 1.95. The van der Waals surface area contributed by atoms with Crippen LogP contribution < -0.4 is 0 Å². The molecule has 3 heterocycles. The Bertz CT molecular complexity index is 738. The van der Waals surface area contributed by atoms with Gasteiger partial charge in [-0.3, -0.25) is 4.98 Å². The van der Waals surface area contributed by atoms with E-state index in [1.54, 1.807) is 6.33 Å². The number of aromatic amines is 1. The zero-order valence-corrected chi connectivity index (χ0v) is 12.3. The highest BCUT2D eigenvalue weighted by atomic mass is 32.2. The molecular formula is C17H15N3S. The van der Waals surface area contributed by atoms with E-state index in [1.807, 2.05) is 36.3 Å². The third-order valence-electron chi connectivity index (χ3n) is 3.87. The Balaban J connectivity index is 1.90. The van der Waals surface area contributed by atoms with Crippen LogP contribution in [0.4, 0.5) is 0 Å². The van der Waals surface area contributed by atoms with Gasteiger partial charge in [0, 0.05) is 28.7 Å². The fourth-order valence-corrected chi connectivity index (χ4v) is 4.16. The van der Waals surface area contributed by atoms with Gasteiger partial charge < -0.3 is 4.98 Å². The zero-order valence-electron chi connectivity index (χ0n) is 11.5. The predicted octanol–water partition coefficient (Wildman–Crippen LogP) is 3.63. The average Bonchev–Trinajstić information content (AvgIpc) is 3.20. The standard InChI is InChI=1S/C17H15N3S/c1-2-8-19-14(6-1)16(15-10-18-11-20-15)13-5-3-4-12-7-9-21-17(12)13/h1-6,8,10-11,16H,7,9H2,(H,18,20). The van der Waals surface area contributed by atoms with Gasteiger partial charge in [0.1, 0.15) is 0 Å². The number of rotatable bonds is 3. The zero-order chi connectivity index (χ0) is 14.1. The van der Waals surface area contributed by atoms with E-state index in [0.29, 0.717) is 0 Å². The molecule has 3 aromatic rings. The van der Waals surface area contributed by atoms with Gasteiger partial charge in [-0.2, -0.15) is 0 Å². The van der Waals surface area contributed by atoms with E-state index in [-0.39, 0.29) is 5.92 Å². The van der Waals surface area contributed by atoms with Crippen molar-refractivity contribution >= 4 is 11.8 Å². The van der Waals surface area contributed by atoms with Crippen molar-refractivity contribution in [3.63, 3.8) is 0 Å². The number of nitrogens with zero attached hydrogens (tertiary/aromatic N) is 2.